The maximum atomic E-state index is 5.23. The van der Waals surface area contributed by atoms with Crippen molar-refractivity contribution in [1.29, 1.82) is 0 Å². The number of rotatable bonds is 15. The van der Waals surface area contributed by atoms with Crippen molar-refractivity contribution in [3.8, 4) is 168 Å². The summed E-state index contributed by atoms with van der Waals surface area (Å²) < 4.78 is 2.32. The molecule has 0 fully saturated rings. The summed E-state index contributed by atoms with van der Waals surface area (Å²) in [5.41, 5.74) is 37.5. The molecule has 147 heavy (non-hydrogen) atoms. The average Bonchev–Trinajstić information content (AvgIpc) is 1.61. The van der Waals surface area contributed by atoms with Crippen LogP contribution < -0.4 is 0 Å². The van der Waals surface area contributed by atoms with Crippen molar-refractivity contribution in [2.75, 3.05) is 0 Å². The Balaban J connectivity index is 0.000000112. The van der Waals surface area contributed by atoms with Gasteiger partial charge in [0.05, 0.1) is 66.1 Å². The lowest BCUT2D eigenvalue weighted by molar-refractivity contribution is 1.23. The first-order chi connectivity index (χ1) is 72.8. The van der Waals surface area contributed by atoms with Crippen LogP contribution in [0.4, 0.5) is 0 Å². The maximum absolute atomic E-state index is 5.23. The minimum atomic E-state index is 0.715. The van der Waals surface area contributed by atoms with Crippen molar-refractivity contribution in [3.05, 3.63) is 528 Å². The molecule has 0 radical (unpaired) electrons. The first-order valence-corrected chi connectivity index (χ1v) is 50.3. The third kappa shape index (κ3) is 17.6. The van der Waals surface area contributed by atoms with E-state index >= 15 is 0 Å². The summed E-state index contributed by atoms with van der Waals surface area (Å²) in [7, 11) is 0. The predicted molar refractivity (Wildman–Crippen MR) is 614 cm³/mol. The van der Waals surface area contributed by atoms with E-state index in [0.29, 0.717) is 5.82 Å². The second kappa shape index (κ2) is 38.6. The van der Waals surface area contributed by atoms with E-state index in [4.69, 9.17) is 44.9 Å². The topological polar surface area (TPSA) is 116 Å². The van der Waals surface area contributed by atoms with Crippen LogP contribution in [0.15, 0.2) is 528 Å². The molecule has 0 N–H and O–H groups in total. The average molecular weight is 1890 g/mol. The fraction of sp³-hybridized carbons (Fsp3) is 0. The van der Waals surface area contributed by atoms with E-state index in [1.807, 2.05) is 73.2 Å². The second-order valence-electron chi connectivity index (χ2n) is 37.0. The van der Waals surface area contributed by atoms with Crippen LogP contribution in [0, 0.1) is 0 Å². The molecule has 7 heterocycles. The fourth-order valence-corrected chi connectivity index (χ4v) is 21.4. The Morgan fingerprint density at radius 1 is 0.136 bits per heavy atom. The Kier molecular flexibility index (Phi) is 23.0. The van der Waals surface area contributed by atoms with Gasteiger partial charge in [-0.1, -0.05) is 449 Å². The summed E-state index contributed by atoms with van der Waals surface area (Å²) in [5, 5.41) is 12.9. The molecule has 0 unspecified atom stereocenters. The number of aromatic nitrogens is 9. The summed E-state index contributed by atoms with van der Waals surface area (Å²) >= 11 is 1.76. The van der Waals surface area contributed by atoms with Crippen LogP contribution >= 0.6 is 11.3 Å². The highest BCUT2D eigenvalue weighted by molar-refractivity contribution is 7.26. The molecule has 0 atom stereocenters. The van der Waals surface area contributed by atoms with Gasteiger partial charge in [0.25, 0.3) is 0 Å². The Morgan fingerprint density at radius 2 is 0.395 bits per heavy atom. The standard InChI is InChI=1S/C47H29N3S.2C45H29N3/c1-2-9-30(10-3-1)31-17-21-33(22-18-31)44-46-45(41-15-6-7-16-43(41)51-46)50-47(49-44)34-23-19-32(20-24-34)35-12-8-13-36(27-35)37-25-26-40-39-14-5-4-11-38(39)29-48-42(40)28-37;1-2-9-30(10-3-1)31-17-21-33(22-18-31)44-45(48-42-16-7-6-15-41(42)47-44)34-23-19-32(20-24-34)35-12-8-13-36(27-35)37-25-26-40-39-14-5-4-11-38(39)29-46-43(40)28-37;1-2-9-30(10-3-1)31-17-21-33(22-18-31)44-41-15-6-7-16-42(41)47-45(48-44)34-23-19-32(20-24-34)35-12-8-13-36(27-35)37-25-26-40-39-14-5-4-11-38(39)29-46-43(40)28-37/h1-29H;2*1-29H. The van der Waals surface area contributed by atoms with Gasteiger partial charge < -0.3 is 0 Å². The molecule has 0 aliphatic rings. The SMILES string of the molecule is c1ccc(-c2ccc(-c3nc(-c4ccc(-c5cccc(-c6ccc7c(c6)ncc6ccccc67)c5)cc4)nc4c3sc3ccccc34)cc2)cc1.c1ccc(-c2ccc(-c3nc(-c4ccc(-c5cccc(-c6ccc7c(c6)ncc6ccccc67)c5)cc4)nc4ccccc34)cc2)cc1.c1ccc(-c2ccc(-c3nc4ccccc4nc3-c3ccc(-c4cccc(-c5ccc6c(c5)ncc5ccccc56)c4)cc3)cc2)cc1. The molecule has 0 amide bonds. The van der Waals surface area contributed by atoms with Gasteiger partial charge in [-0.2, -0.15) is 0 Å². The molecule has 686 valence electrons. The lowest BCUT2D eigenvalue weighted by Gasteiger charge is -2.12. The van der Waals surface area contributed by atoms with Gasteiger partial charge in [0.15, 0.2) is 11.6 Å². The molecule has 0 bridgehead atoms. The summed E-state index contributed by atoms with van der Waals surface area (Å²) in [6.07, 6.45) is 5.89. The number of benzene rings is 21. The zero-order valence-electron chi connectivity index (χ0n) is 79.7. The van der Waals surface area contributed by atoms with Gasteiger partial charge in [0.2, 0.25) is 0 Å². The monoisotopic (exact) mass is 1890 g/mol. The van der Waals surface area contributed by atoms with Crippen LogP contribution in [-0.2, 0) is 0 Å². The molecule has 0 saturated carbocycles. The minimum absolute atomic E-state index is 0.715. The molecule has 0 saturated heterocycles. The van der Waals surface area contributed by atoms with E-state index in [2.05, 4.69) is 455 Å². The second-order valence-corrected chi connectivity index (χ2v) is 38.1. The molecule has 0 aliphatic carbocycles. The van der Waals surface area contributed by atoms with E-state index in [-0.39, 0.29) is 0 Å². The number of para-hydroxylation sites is 3. The highest BCUT2D eigenvalue weighted by Gasteiger charge is 2.22. The largest absolute Gasteiger partial charge is 0.256 e. The van der Waals surface area contributed by atoms with E-state index < -0.39 is 0 Å². The van der Waals surface area contributed by atoms with Gasteiger partial charge in [-0.05, 0) is 177 Å². The zero-order valence-corrected chi connectivity index (χ0v) is 80.5. The zero-order chi connectivity index (χ0) is 97.5. The molecular formula is C137H87N9S. The van der Waals surface area contributed by atoms with E-state index in [9.17, 15) is 0 Å². The molecular weight excluding hydrogens is 1800 g/mol. The van der Waals surface area contributed by atoms with E-state index in [0.717, 1.165) is 199 Å². The molecule has 21 aromatic carbocycles. The van der Waals surface area contributed by atoms with Crippen LogP contribution in [0.5, 0.6) is 0 Å². The summed E-state index contributed by atoms with van der Waals surface area (Å²) in [6, 6.07) is 179. The third-order valence-electron chi connectivity index (χ3n) is 28.0. The van der Waals surface area contributed by atoms with Crippen molar-refractivity contribution in [2.24, 2.45) is 0 Å². The molecule has 28 aromatic rings. The number of fused-ring (bicyclic) bond motifs is 14. The van der Waals surface area contributed by atoms with Crippen LogP contribution in [0.25, 0.3) is 275 Å². The predicted octanol–water partition coefficient (Wildman–Crippen LogP) is 36.2. The van der Waals surface area contributed by atoms with Crippen LogP contribution in [0.3, 0.4) is 0 Å². The summed E-state index contributed by atoms with van der Waals surface area (Å²) in [4.78, 5) is 45.1. The van der Waals surface area contributed by atoms with Crippen LogP contribution in [0.1, 0.15) is 0 Å². The number of hydrogen-bond acceptors (Lipinski definition) is 10. The molecule has 9 nitrogen and oxygen atoms in total. The van der Waals surface area contributed by atoms with Crippen molar-refractivity contribution < 1.29 is 0 Å². The number of hydrogen-bond donors (Lipinski definition) is 0. The van der Waals surface area contributed by atoms with Crippen molar-refractivity contribution in [1.82, 2.24) is 44.9 Å². The highest BCUT2D eigenvalue weighted by atomic mass is 32.1. The number of thiophene rings is 1. The summed E-state index contributed by atoms with van der Waals surface area (Å²) in [6.45, 7) is 0. The number of nitrogens with zero attached hydrogens (tertiary/aromatic N) is 9. The molecule has 7 aromatic heterocycles. The highest BCUT2D eigenvalue weighted by Crippen LogP contribution is 2.44. The molecule has 28 rings (SSSR count). The Morgan fingerprint density at radius 3 is 0.782 bits per heavy atom. The van der Waals surface area contributed by atoms with Crippen LogP contribution in [0.2, 0.25) is 0 Å². The first kappa shape index (κ1) is 87.8. The molecule has 0 aliphatic heterocycles. The Hall–Kier alpha value is -19.4. The maximum Gasteiger partial charge on any atom is 0.160 e. The van der Waals surface area contributed by atoms with E-state index in [1.165, 1.54) is 70.4 Å². The fourth-order valence-electron chi connectivity index (χ4n) is 20.3. The Labute approximate surface area is 853 Å². The normalized spacial score (nSPS) is 11.4. The van der Waals surface area contributed by atoms with Gasteiger partial charge >= 0.3 is 0 Å². The molecule has 0 spiro atoms. The van der Waals surface area contributed by atoms with Gasteiger partial charge in [0.1, 0.15) is 0 Å². The van der Waals surface area contributed by atoms with Crippen molar-refractivity contribution in [2.45, 2.75) is 0 Å². The van der Waals surface area contributed by atoms with Gasteiger partial charge in [-0.15, -0.1) is 11.3 Å². The smallest absolute Gasteiger partial charge is 0.160 e. The van der Waals surface area contributed by atoms with Gasteiger partial charge in [0, 0.05) is 99.8 Å². The summed E-state index contributed by atoms with van der Waals surface area (Å²) in [5.74, 6) is 1.44. The quantitative estimate of drug-likeness (QED) is 0.0925. The van der Waals surface area contributed by atoms with Crippen molar-refractivity contribution >= 4 is 119 Å². The van der Waals surface area contributed by atoms with Crippen LogP contribution in [-0.4, -0.2) is 44.9 Å². The van der Waals surface area contributed by atoms with Gasteiger partial charge in [-0.25, -0.2) is 29.9 Å². The van der Waals surface area contributed by atoms with Gasteiger partial charge in [-0.3, -0.25) is 15.0 Å². The minimum Gasteiger partial charge on any atom is -0.256 e. The first-order valence-electron chi connectivity index (χ1n) is 49.5. The van der Waals surface area contributed by atoms with E-state index in [1.54, 1.807) is 11.3 Å². The third-order valence-corrected chi connectivity index (χ3v) is 29.2. The lowest BCUT2D eigenvalue weighted by Crippen LogP contribution is -1.95. The lowest BCUT2D eigenvalue weighted by atomic mass is 9.96. The van der Waals surface area contributed by atoms with Crippen molar-refractivity contribution in [3.63, 3.8) is 0 Å². The Bertz CT molecular complexity index is 9880. The molecule has 10 heteroatoms. The number of pyridine rings is 3.